The molecule has 0 aliphatic carbocycles. The van der Waals surface area contributed by atoms with E-state index in [4.69, 9.17) is 5.11 Å². The smallest absolute Gasteiger partial charge is 0.337 e. The van der Waals surface area contributed by atoms with Crippen LogP contribution in [0.4, 0.5) is 0 Å². The molecule has 0 fully saturated rings. The number of aldehydes is 1. The molecule has 3 nitrogen and oxygen atoms in total. The van der Waals surface area contributed by atoms with Gasteiger partial charge in [0.05, 0.1) is 10.3 Å². The van der Waals surface area contributed by atoms with Gasteiger partial charge in [-0.3, -0.25) is 4.79 Å². The molecule has 3 aromatic rings. The zero-order chi connectivity index (χ0) is 12.7. The van der Waals surface area contributed by atoms with E-state index in [1.54, 1.807) is 24.3 Å². The Bertz CT molecular complexity index is 786. The minimum atomic E-state index is -0.928. The molecule has 88 valence electrons. The van der Waals surface area contributed by atoms with E-state index >= 15 is 0 Å². The molecule has 4 heteroatoms. The van der Waals surface area contributed by atoms with Crippen LogP contribution in [0, 0.1) is 0 Å². The Kier molecular flexibility index (Phi) is 2.38. The molecule has 0 bridgehead atoms. The predicted octanol–water partition coefficient (Wildman–Crippen LogP) is 3.57. The number of carbonyl (C=O) groups is 2. The Labute approximate surface area is 106 Å². The summed E-state index contributed by atoms with van der Waals surface area (Å²) in [6.45, 7) is 0. The second kappa shape index (κ2) is 3.92. The molecule has 0 saturated heterocycles. The Balaban J connectivity index is 2.47. The maximum absolute atomic E-state index is 11.2. The average Bonchev–Trinajstić information content (AvgIpc) is 2.75. The lowest BCUT2D eigenvalue weighted by Crippen LogP contribution is -1.94. The van der Waals surface area contributed by atoms with Crippen LogP contribution >= 0.6 is 11.3 Å². The van der Waals surface area contributed by atoms with Crippen LogP contribution in [0.5, 0.6) is 0 Å². The normalized spacial score (nSPS) is 10.9. The third-order valence-corrected chi connectivity index (χ3v) is 4.11. The highest BCUT2D eigenvalue weighted by atomic mass is 32.1. The van der Waals surface area contributed by atoms with Crippen molar-refractivity contribution in [2.75, 3.05) is 0 Å². The molecule has 3 rings (SSSR count). The van der Waals surface area contributed by atoms with Crippen LogP contribution in [0.15, 0.2) is 36.4 Å². The van der Waals surface area contributed by atoms with E-state index in [1.807, 2.05) is 12.1 Å². The Morgan fingerprint density at radius 3 is 2.72 bits per heavy atom. The number of carboxylic acids is 1. The quantitative estimate of drug-likeness (QED) is 0.713. The fourth-order valence-corrected chi connectivity index (χ4v) is 3.25. The van der Waals surface area contributed by atoms with Crippen LogP contribution in [0.3, 0.4) is 0 Å². The van der Waals surface area contributed by atoms with Gasteiger partial charge in [-0.2, -0.15) is 0 Å². The van der Waals surface area contributed by atoms with Crippen LogP contribution in [-0.4, -0.2) is 17.4 Å². The molecule has 1 N–H and O–H groups in total. The highest BCUT2D eigenvalue weighted by molar-refractivity contribution is 7.26. The maximum Gasteiger partial charge on any atom is 0.337 e. The predicted molar refractivity (Wildman–Crippen MR) is 71.7 cm³/mol. The van der Waals surface area contributed by atoms with Gasteiger partial charge in [0.15, 0.2) is 0 Å². The first-order valence-corrected chi connectivity index (χ1v) is 6.16. The Hall–Kier alpha value is -2.20. The van der Waals surface area contributed by atoms with Crippen LogP contribution in [0.1, 0.15) is 20.7 Å². The SMILES string of the molecule is O=Cc1ccc2sc3c(C(=O)O)cccc3c2c1. The number of rotatable bonds is 2. The third kappa shape index (κ3) is 1.50. The van der Waals surface area contributed by atoms with E-state index in [-0.39, 0.29) is 0 Å². The van der Waals surface area contributed by atoms with Crippen LogP contribution in [-0.2, 0) is 0 Å². The second-order valence-electron chi connectivity index (χ2n) is 3.96. The van der Waals surface area contributed by atoms with E-state index in [0.717, 1.165) is 26.5 Å². The number of benzene rings is 2. The lowest BCUT2D eigenvalue weighted by molar-refractivity contribution is 0.0699. The molecule has 0 unspecified atom stereocenters. The number of hydrogen-bond acceptors (Lipinski definition) is 3. The summed E-state index contributed by atoms with van der Waals surface area (Å²) in [7, 11) is 0. The van der Waals surface area contributed by atoms with Gasteiger partial charge >= 0.3 is 5.97 Å². The molecule has 18 heavy (non-hydrogen) atoms. The minimum Gasteiger partial charge on any atom is -0.478 e. The molecule has 0 saturated carbocycles. The molecular weight excluding hydrogens is 248 g/mol. The van der Waals surface area contributed by atoms with E-state index in [2.05, 4.69) is 0 Å². The molecule has 0 radical (unpaired) electrons. The van der Waals surface area contributed by atoms with E-state index in [9.17, 15) is 9.59 Å². The summed E-state index contributed by atoms with van der Waals surface area (Å²) in [5, 5.41) is 11.0. The molecule has 1 aromatic heterocycles. The van der Waals surface area contributed by atoms with E-state index in [0.29, 0.717) is 11.1 Å². The first-order valence-electron chi connectivity index (χ1n) is 5.34. The Morgan fingerprint density at radius 1 is 1.17 bits per heavy atom. The van der Waals surface area contributed by atoms with E-state index < -0.39 is 5.97 Å². The van der Waals surface area contributed by atoms with Gasteiger partial charge in [0.2, 0.25) is 0 Å². The molecule has 0 atom stereocenters. The summed E-state index contributed by atoms with van der Waals surface area (Å²) in [6, 6.07) is 10.6. The molecule has 0 amide bonds. The van der Waals surface area contributed by atoms with Gasteiger partial charge in [0, 0.05) is 21.0 Å². The maximum atomic E-state index is 11.2. The number of aromatic carboxylic acids is 1. The standard InChI is InChI=1S/C14H8O3S/c15-7-8-4-5-12-11(6-8)9-2-1-3-10(14(16)17)13(9)18-12/h1-7H,(H,16,17). The number of hydrogen-bond donors (Lipinski definition) is 1. The van der Waals surface area contributed by atoms with Gasteiger partial charge in [0.25, 0.3) is 0 Å². The fraction of sp³-hybridized carbons (Fsp3) is 0. The van der Waals surface area contributed by atoms with Gasteiger partial charge in [-0.1, -0.05) is 18.2 Å². The highest BCUT2D eigenvalue weighted by Crippen LogP contribution is 2.36. The molecule has 0 aliphatic rings. The van der Waals surface area contributed by atoms with Gasteiger partial charge < -0.3 is 5.11 Å². The third-order valence-electron chi connectivity index (χ3n) is 2.89. The van der Waals surface area contributed by atoms with Crippen molar-refractivity contribution >= 4 is 43.8 Å². The van der Waals surface area contributed by atoms with Crippen molar-refractivity contribution in [1.82, 2.24) is 0 Å². The van der Waals surface area contributed by atoms with Crippen molar-refractivity contribution < 1.29 is 14.7 Å². The summed E-state index contributed by atoms with van der Waals surface area (Å²) >= 11 is 1.44. The van der Waals surface area contributed by atoms with Crippen molar-refractivity contribution in [3.8, 4) is 0 Å². The first kappa shape index (κ1) is 10.9. The zero-order valence-electron chi connectivity index (χ0n) is 9.21. The van der Waals surface area contributed by atoms with Crippen molar-refractivity contribution in [3.05, 3.63) is 47.5 Å². The summed E-state index contributed by atoms with van der Waals surface area (Å²) in [5.41, 5.74) is 0.907. The zero-order valence-corrected chi connectivity index (χ0v) is 10.0. The monoisotopic (exact) mass is 256 g/mol. The fourth-order valence-electron chi connectivity index (χ4n) is 2.06. The lowest BCUT2D eigenvalue weighted by Gasteiger charge is -1.96. The first-order chi connectivity index (χ1) is 8.70. The number of carbonyl (C=O) groups excluding carboxylic acids is 1. The van der Waals surface area contributed by atoms with Crippen molar-refractivity contribution in [2.24, 2.45) is 0 Å². The summed E-state index contributed by atoms with van der Waals surface area (Å²) < 4.78 is 1.74. The van der Waals surface area contributed by atoms with Gasteiger partial charge in [0.1, 0.15) is 6.29 Å². The van der Waals surface area contributed by atoms with Gasteiger partial charge in [-0.15, -0.1) is 11.3 Å². The molecule has 2 aromatic carbocycles. The number of carboxylic acid groups (broad SMARTS) is 1. The summed E-state index contributed by atoms with van der Waals surface area (Å²) in [6.07, 6.45) is 0.796. The minimum absolute atomic E-state index is 0.307. The summed E-state index contributed by atoms with van der Waals surface area (Å²) in [5.74, 6) is -0.928. The largest absolute Gasteiger partial charge is 0.478 e. The van der Waals surface area contributed by atoms with Gasteiger partial charge in [-0.05, 0) is 18.2 Å². The van der Waals surface area contributed by atoms with Crippen molar-refractivity contribution in [1.29, 1.82) is 0 Å². The average molecular weight is 256 g/mol. The number of fused-ring (bicyclic) bond motifs is 3. The van der Waals surface area contributed by atoms with Crippen molar-refractivity contribution in [2.45, 2.75) is 0 Å². The van der Waals surface area contributed by atoms with E-state index in [1.165, 1.54) is 11.3 Å². The molecule has 1 heterocycles. The van der Waals surface area contributed by atoms with Crippen molar-refractivity contribution in [3.63, 3.8) is 0 Å². The molecule has 0 aliphatic heterocycles. The summed E-state index contributed by atoms with van der Waals surface area (Å²) in [4.78, 5) is 22.0. The Morgan fingerprint density at radius 2 is 2.00 bits per heavy atom. The molecule has 0 spiro atoms. The topological polar surface area (TPSA) is 54.4 Å². The molecular formula is C14H8O3S. The van der Waals surface area contributed by atoms with Crippen LogP contribution in [0.2, 0.25) is 0 Å². The second-order valence-corrected chi connectivity index (χ2v) is 5.02. The van der Waals surface area contributed by atoms with Crippen LogP contribution in [0.25, 0.3) is 20.2 Å². The van der Waals surface area contributed by atoms with Gasteiger partial charge in [-0.25, -0.2) is 4.79 Å². The van der Waals surface area contributed by atoms with Crippen LogP contribution < -0.4 is 0 Å². The highest BCUT2D eigenvalue weighted by Gasteiger charge is 2.13. The number of thiophene rings is 1. The lowest BCUT2D eigenvalue weighted by atomic mass is 10.1.